The van der Waals surface area contributed by atoms with Gasteiger partial charge in [0, 0.05) is 21.9 Å². The number of nitrogens with zero attached hydrogens (tertiary/aromatic N) is 1. The van der Waals surface area contributed by atoms with Gasteiger partial charge >= 0.3 is 0 Å². The maximum Gasteiger partial charge on any atom is 0.262 e. The molecular formula is C18H12N2O2. The van der Waals surface area contributed by atoms with Crippen LogP contribution in [0.5, 0.6) is 0 Å². The van der Waals surface area contributed by atoms with Crippen molar-refractivity contribution >= 4 is 33.6 Å². The molecule has 1 heterocycles. The molecule has 22 heavy (non-hydrogen) atoms. The van der Waals surface area contributed by atoms with Crippen LogP contribution in [-0.4, -0.2) is 16.4 Å². The molecule has 0 saturated heterocycles. The van der Waals surface area contributed by atoms with E-state index in [0.717, 1.165) is 21.8 Å². The molecular weight excluding hydrogens is 276 g/mol. The first kappa shape index (κ1) is 12.6. The van der Waals surface area contributed by atoms with Crippen molar-refractivity contribution in [2.24, 2.45) is 5.73 Å². The van der Waals surface area contributed by atoms with Crippen molar-refractivity contribution in [2.45, 2.75) is 0 Å². The minimum atomic E-state index is -0.543. The molecule has 3 aromatic carbocycles. The van der Waals surface area contributed by atoms with Crippen LogP contribution in [0, 0.1) is 0 Å². The monoisotopic (exact) mass is 288 g/mol. The van der Waals surface area contributed by atoms with Gasteiger partial charge in [0.1, 0.15) is 0 Å². The highest BCUT2D eigenvalue weighted by molar-refractivity contribution is 6.17. The Morgan fingerprint density at radius 2 is 1.32 bits per heavy atom. The smallest absolute Gasteiger partial charge is 0.262 e. The molecule has 0 fully saturated rings. The van der Waals surface area contributed by atoms with Gasteiger partial charge < -0.3 is 5.73 Å². The highest BCUT2D eigenvalue weighted by Gasteiger charge is 2.18. The molecule has 0 unspecified atom stereocenters. The number of hydrogen-bond donors (Lipinski definition) is 1. The van der Waals surface area contributed by atoms with E-state index >= 15 is 0 Å². The molecule has 1 aromatic heterocycles. The van der Waals surface area contributed by atoms with Gasteiger partial charge in [0.15, 0.2) is 0 Å². The molecule has 0 aliphatic carbocycles. The zero-order valence-electron chi connectivity index (χ0n) is 11.6. The molecule has 4 bridgehead atoms. The number of carbonyl (C=O) groups is 2. The summed E-state index contributed by atoms with van der Waals surface area (Å²) in [7, 11) is 0. The van der Waals surface area contributed by atoms with Gasteiger partial charge in [-0.2, -0.15) is 0 Å². The third kappa shape index (κ3) is 1.64. The second-order valence-electron chi connectivity index (χ2n) is 5.24. The Bertz CT molecular complexity index is 982. The topological polar surface area (TPSA) is 65.1 Å². The van der Waals surface area contributed by atoms with Crippen LogP contribution in [0.15, 0.2) is 60.7 Å². The van der Waals surface area contributed by atoms with Crippen LogP contribution in [0.1, 0.15) is 20.7 Å². The summed E-state index contributed by atoms with van der Waals surface area (Å²) in [5, 5.41) is 2.11. The quantitative estimate of drug-likeness (QED) is 0.616. The fraction of sp³-hybridized carbons (Fsp3) is 0. The van der Waals surface area contributed by atoms with Crippen LogP contribution < -0.4 is 5.73 Å². The Morgan fingerprint density at radius 3 is 1.91 bits per heavy atom. The molecule has 4 heteroatoms. The Labute approximate surface area is 126 Å². The minimum absolute atomic E-state index is 0.166. The van der Waals surface area contributed by atoms with Crippen molar-refractivity contribution in [3.63, 3.8) is 0 Å². The molecule has 0 atom stereocenters. The summed E-state index contributed by atoms with van der Waals surface area (Å²) >= 11 is 0. The van der Waals surface area contributed by atoms with E-state index in [0.29, 0.717) is 11.1 Å². The van der Waals surface area contributed by atoms with E-state index in [1.807, 2.05) is 36.4 Å². The fourth-order valence-electron chi connectivity index (χ4n) is 2.95. The molecule has 4 nitrogen and oxygen atoms in total. The Kier molecular flexibility index (Phi) is 2.53. The molecule has 0 radical (unpaired) electrons. The van der Waals surface area contributed by atoms with E-state index in [4.69, 9.17) is 5.73 Å². The van der Waals surface area contributed by atoms with Gasteiger partial charge in [-0.25, -0.2) is 0 Å². The van der Waals surface area contributed by atoms with E-state index in [2.05, 4.69) is 0 Å². The minimum Gasteiger partial charge on any atom is -0.366 e. The molecule has 0 spiro atoms. The third-order valence-corrected chi connectivity index (χ3v) is 3.95. The van der Waals surface area contributed by atoms with Crippen molar-refractivity contribution in [3.8, 4) is 0 Å². The van der Waals surface area contributed by atoms with E-state index in [9.17, 15) is 9.59 Å². The summed E-state index contributed by atoms with van der Waals surface area (Å²) in [5.74, 6) is -0.709. The molecule has 1 amide bonds. The number of rotatable bonds is 2. The Hall–Kier alpha value is -3.14. The molecule has 0 saturated carbocycles. The van der Waals surface area contributed by atoms with E-state index in [1.165, 1.54) is 6.07 Å². The first-order chi connectivity index (χ1) is 10.7. The fourth-order valence-corrected chi connectivity index (χ4v) is 2.95. The van der Waals surface area contributed by atoms with E-state index < -0.39 is 5.91 Å². The van der Waals surface area contributed by atoms with Gasteiger partial charge in [-0.3, -0.25) is 14.2 Å². The Balaban J connectivity index is 1.96. The highest BCUT2D eigenvalue weighted by Crippen LogP contribution is 2.31. The van der Waals surface area contributed by atoms with E-state index in [1.54, 1.807) is 22.8 Å². The highest BCUT2D eigenvalue weighted by atomic mass is 16.2. The number of primary amides is 1. The number of carbonyl (C=O) groups excluding carboxylic acids is 2. The van der Waals surface area contributed by atoms with Crippen LogP contribution in [0.3, 0.4) is 0 Å². The first-order valence-electron chi connectivity index (χ1n) is 6.93. The first-order valence-corrected chi connectivity index (χ1v) is 6.93. The van der Waals surface area contributed by atoms with E-state index in [-0.39, 0.29) is 5.91 Å². The van der Waals surface area contributed by atoms with Gasteiger partial charge in [0.2, 0.25) is 5.91 Å². The van der Waals surface area contributed by atoms with Gasteiger partial charge in [-0.1, -0.05) is 30.3 Å². The lowest BCUT2D eigenvalue weighted by atomic mass is 10.1. The summed E-state index contributed by atoms with van der Waals surface area (Å²) in [6.07, 6.45) is 0. The average molecular weight is 288 g/mol. The lowest BCUT2D eigenvalue weighted by Gasteiger charge is -2.06. The number of nitrogens with two attached hydrogens (primary N) is 1. The van der Waals surface area contributed by atoms with Gasteiger partial charge in [-0.05, 0) is 30.3 Å². The molecule has 106 valence electrons. The molecule has 4 aromatic rings. The molecule has 0 aliphatic heterocycles. The standard InChI is InChI=1S/C18H12N2O2/c19-17(21)11-4-1-5-12(10-11)18(22)20-15-8-2-6-13-14(15)7-3-9-16(13)20/h1-10H,(H2,19,21). The molecule has 2 N–H and O–H groups in total. The summed E-state index contributed by atoms with van der Waals surface area (Å²) in [6, 6.07) is 18.2. The lowest BCUT2D eigenvalue weighted by Crippen LogP contribution is -2.15. The predicted octanol–water partition coefficient (Wildman–Crippen LogP) is 3.02. The zero-order valence-corrected chi connectivity index (χ0v) is 11.6. The summed E-state index contributed by atoms with van der Waals surface area (Å²) in [4.78, 5) is 24.2. The third-order valence-electron chi connectivity index (χ3n) is 3.95. The van der Waals surface area contributed by atoms with Crippen LogP contribution >= 0.6 is 0 Å². The van der Waals surface area contributed by atoms with Gasteiger partial charge in [-0.15, -0.1) is 0 Å². The van der Waals surface area contributed by atoms with Crippen molar-refractivity contribution in [2.75, 3.05) is 0 Å². The van der Waals surface area contributed by atoms with Gasteiger partial charge in [0.05, 0.1) is 11.0 Å². The van der Waals surface area contributed by atoms with Crippen LogP contribution in [0.2, 0.25) is 0 Å². The normalized spacial score (nSPS) is 11.3. The molecule has 4 rings (SSSR count). The van der Waals surface area contributed by atoms with Crippen molar-refractivity contribution < 1.29 is 9.59 Å². The number of aromatic nitrogens is 1. The maximum absolute atomic E-state index is 12.9. The van der Waals surface area contributed by atoms with Crippen LogP contribution in [-0.2, 0) is 0 Å². The largest absolute Gasteiger partial charge is 0.366 e. The van der Waals surface area contributed by atoms with Crippen molar-refractivity contribution in [1.82, 2.24) is 4.57 Å². The SMILES string of the molecule is NC(=O)c1cccc(C(=O)n2c3cccc4c3cccc42)c1. The number of amides is 1. The predicted molar refractivity (Wildman–Crippen MR) is 85.3 cm³/mol. The second-order valence-corrected chi connectivity index (χ2v) is 5.24. The zero-order chi connectivity index (χ0) is 15.3. The number of hydrogen-bond acceptors (Lipinski definition) is 2. The summed E-state index contributed by atoms with van der Waals surface area (Å²) in [5.41, 5.74) is 7.80. The summed E-state index contributed by atoms with van der Waals surface area (Å²) < 4.78 is 1.69. The number of benzene rings is 3. The van der Waals surface area contributed by atoms with Crippen LogP contribution in [0.4, 0.5) is 0 Å². The van der Waals surface area contributed by atoms with Crippen molar-refractivity contribution in [1.29, 1.82) is 0 Å². The second kappa shape index (κ2) is 4.43. The van der Waals surface area contributed by atoms with Crippen molar-refractivity contribution in [3.05, 3.63) is 71.8 Å². The Morgan fingerprint density at radius 1 is 0.773 bits per heavy atom. The van der Waals surface area contributed by atoms with Gasteiger partial charge in [0.25, 0.3) is 5.91 Å². The molecule has 0 aliphatic rings. The maximum atomic E-state index is 12.9. The average Bonchev–Trinajstić information content (AvgIpc) is 2.71. The van der Waals surface area contributed by atoms with Crippen LogP contribution in [0.25, 0.3) is 21.8 Å². The lowest BCUT2D eigenvalue weighted by molar-refractivity contribution is 0.0969. The summed E-state index contributed by atoms with van der Waals surface area (Å²) in [6.45, 7) is 0.